The highest BCUT2D eigenvalue weighted by Gasteiger charge is 2.48. The number of benzene rings is 1. The van der Waals surface area contributed by atoms with E-state index in [1.54, 1.807) is 12.1 Å². The summed E-state index contributed by atoms with van der Waals surface area (Å²) in [5.41, 5.74) is 0.585. The summed E-state index contributed by atoms with van der Waals surface area (Å²) < 4.78 is 12.9. The van der Waals surface area contributed by atoms with Gasteiger partial charge in [-0.1, -0.05) is 26.0 Å². The predicted octanol–water partition coefficient (Wildman–Crippen LogP) is 1.94. The van der Waals surface area contributed by atoms with Crippen molar-refractivity contribution < 1.29 is 19.1 Å². The molecule has 1 aromatic rings. The van der Waals surface area contributed by atoms with Gasteiger partial charge in [0.2, 0.25) is 5.91 Å². The first kappa shape index (κ1) is 14.5. The van der Waals surface area contributed by atoms with Gasteiger partial charge in [0.15, 0.2) is 0 Å². The second-order valence-corrected chi connectivity index (χ2v) is 5.90. The summed E-state index contributed by atoms with van der Waals surface area (Å²) in [6, 6.07) is 6.16. The maximum atomic E-state index is 12.9. The summed E-state index contributed by atoms with van der Waals surface area (Å²) in [6.07, 6.45) is 0.415. The summed E-state index contributed by atoms with van der Waals surface area (Å²) in [4.78, 5) is 22.5. The maximum absolute atomic E-state index is 12.9. The molecule has 0 saturated heterocycles. The Kier molecular flexibility index (Phi) is 3.79. The summed E-state index contributed by atoms with van der Waals surface area (Å²) >= 11 is 0. The van der Waals surface area contributed by atoms with Crippen LogP contribution in [-0.2, 0) is 15.0 Å². The molecule has 2 atom stereocenters. The van der Waals surface area contributed by atoms with Crippen molar-refractivity contribution >= 4 is 11.9 Å². The molecule has 0 heterocycles. The van der Waals surface area contributed by atoms with Gasteiger partial charge < -0.3 is 10.4 Å². The lowest BCUT2D eigenvalue weighted by atomic mass is 9.84. The van der Waals surface area contributed by atoms with Crippen LogP contribution in [0.5, 0.6) is 0 Å². The highest BCUT2D eigenvalue weighted by molar-refractivity contribution is 5.89. The van der Waals surface area contributed by atoms with Gasteiger partial charge in [-0.2, -0.15) is 0 Å². The van der Waals surface area contributed by atoms with Crippen LogP contribution in [0.25, 0.3) is 0 Å². The topological polar surface area (TPSA) is 66.4 Å². The van der Waals surface area contributed by atoms with E-state index in [1.807, 2.05) is 13.8 Å². The number of halogens is 1. The van der Waals surface area contributed by atoms with Crippen LogP contribution < -0.4 is 5.32 Å². The molecule has 1 aliphatic rings. The van der Waals surface area contributed by atoms with Gasteiger partial charge in [0.1, 0.15) is 5.82 Å². The van der Waals surface area contributed by atoms with E-state index in [0.717, 1.165) is 5.56 Å². The van der Waals surface area contributed by atoms with Crippen molar-refractivity contribution in [2.24, 2.45) is 11.8 Å². The van der Waals surface area contributed by atoms with E-state index in [0.29, 0.717) is 13.0 Å². The van der Waals surface area contributed by atoms with Crippen LogP contribution in [0.3, 0.4) is 0 Å². The van der Waals surface area contributed by atoms with Gasteiger partial charge in [-0.15, -0.1) is 0 Å². The number of rotatable bonds is 5. The van der Waals surface area contributed by atoms with E-state index in [2.05, 4.69) is 5.32 Å². The van der Waals surface area contributed by atoms with Gasteiger partial charge in [-0.05, 0) is 24.1 Å². The molecular formula is C15H18FNO3. The lowest BCUT2D eigenvalue weighted by Gasteiger charge is -2.25. The second-order valence-electron chi connectivity index (χ2n) is 5.90. The quantitative estimate of drug-likeness (QED) is 0.865. The Balaban J connectivity index is 1.91. The molecule has 0 spiro atoms. The van der Waals surface area contributed by atoms with E-state index >= 15 is 0 Å². The first-order valence-electron chi connectivity index (χ1n) is 6.58. The smallest absolute Gasteiger partial charge is 0.307 e. The van der Waals surface area contributed by atoms with Gasteiger partial charge >= 0.3 is 5.97 Å². The van der Waals surface area contributed by atoms with Gasteiger partial charge in [-0.25, -0.2) is 4.39 Å². The van der Waals surface area contributed by atoms with Crippen molar-refractivity contribution in [2.75, 3.05) is 6.54 Å². The molecule has 1 saturated carbocycles. The van der Waals surface area contributed by atoms with Crippen molar-refractivity contribution in [1.82, 2.24) is 5.32 Å². The van der Waals surface area contributed by atoms with Gasteiger partial charge in [0.05, 0.1) is 11.8 Å². The average Bonchev–Trinajstić information content (AvgIpc) is 3.17. The van der Waals surface area contributed by atoms with Crippen molar-refractivity contribution in [3.8, 4) is 0 Å². The Morgan fingerprint density at radius 2 is 1.90 bits per heavy atom. The highest BCUT2D eigenvalue weighted by Crippen LogP contribution is 2.38. The molecule has 1 aromatic carbocycles. The molecule has 0 radical (unpaired) electrons. The van der Waals surface area contributed by atoms with Crippen LogP contribution in [0.4, 0.5) is 4.39 Å². The zero-order valence-corrected chi connectivity index (χ0v) is 11.5. The summed E-state index contributed by atoms with van der Waals surface area (Å²) in [5, 5.41) is 11.6. The lowest BCUT2D eigenvalue weighted by molar-refractivity contribution is -0.140. The van der Waals surface area contributed by atoms with Crippen LogP contribution in [-0.4, -0.2) is 23.5 Å². The number of carboxylic acids is 1. The molecule has 4 nitrogen and oxygen atoms in total. The first-order valence-corrected chi connectivity index (χ1v) is 6.58. The Labute approximate surface area is 117 Å². The third-order valence-electron chi connectivity index (χ3n) is 3.77. The Morgan fingerprint density at radius 1 is 1.30 bits per heavy atom. The molecule has 0 unspecified atom stereocenters. The number of carbonyl (C=O) groups excluding carboxylic acids is 1. The first-order chi connectivity index (χ1) is 9.31. The number of amides is 1. The van der Waals surface area contributed by atoms with Crippen LogP contribution in [0.1, 0.15) is 25.8 Å². The number of hydrogen-bond acceptors (Lipinski definition) is 2. The third kappa shape index (κ3) is 3.15. The number of aliphatic carboxylic acids is 1. The fourth-order valence-corrected chi connectivity index (χ4v) is 2.20. The molecule has 2 N–H and O–H groups in total. The Bertz CT molecular complexity index is 524. The number of carboxylic acid groups (broad SMARTS) is 1. The minimum atomic E-state index is -0.914. The van der Waals surface area contributed by atoms with Crippen LogP contribution >= 0.6 is 0 Å². The fourth-order valence-electron chi connectivity index (χ4n) is 2.20. The SMILES string of the molecule is CC(C)(CNC(=O)[C@@H]1C[C@H]1C(=O)O)c1ccc(F)cc1. The highest BCUT2D eigenvalue weighted by atomic mass is 19.1. The van der Waals surface area contributed by atoms with E-state index in [1.165, 1.54) is 12.1 Å². The third-order valence-corrected chi connectivity index (χ3v) is 3.77. The molecule has 20 heavy (non-hydrogen) atoms. The minimum Gasteiger partial charge on any atom is -0.481 e. The summed E-state index contributed by atoms with van der Waals surface area (Å²) in [7, 11) is 0. The van der Waals surface area contributed by atoms with Crippen molar-refractivity contribution in [3.63, 3.8) is 0 Å². The van der Waals surface area contributed by atoms with Crippen LogP contribution in [0.2, 0.25) is 0 Å². The summed E-state index contributed by atoms with van der Waals surface area (Å²) in [5.74, 6) is -2.37. The molecular weight excluding hydrogens is 261 g/mol. The van der Waals surface area contributed by atoms with Crippen molar-refractivity contribution in [2.45, 2.75) is 25.7 Å². The molecule has 5 heteroatoms. The molecule has 108 valence electrons. The van der Waals surface area contributed by atoms with Crippen LogP contribution in [0, 0.1) is 17.7 Å². The summed E-state index contributed by atoms with van der Waals surface area (Å²) in [6.45, 7) is 4.28. The van der Waals surface area contributed by atoms with E-state index in [9.17, 15) is 14.0 Å². The fraction of sp³-hybridized carbons (Fsp3) is 0.467. The normalized spacial score (nSPS) is 21.4. The average molecular weight is 279 g/mol. The Hall–Kier alpha value is -1.91. The standard InChI is InChI=1S/C15H18FNO3/c1-15(2,9-3-5-10(16)6-4-9)8-17-13(18)11-7-12(11)14(19)20/h3-6,11-12H,7-8H2,1-2H3,(H,17,18)(H,19,20)/t11-,12-/m1/s1. The molecule has 2 rings (SSSR count). The van der Waals surface area contributed by atoms with Gasteiger partial charge in [0, 0.05) is 12.0 Å². The zero-order chi connectivity index (χ0) is 14.9. The maximum Gasteiger partial charge on any atom is 0.307 e. The number of nitrogens with one attached hydrogen (secondary N) is 1. The van der Waals surface area contributed by atoms with Gasteiger partial charge in [-0.3, -0.25) is 9.59 Å². The van der Waals surface area contributed by atoms with Crippen molar-refractivity contribution in [1.29, 1.82) is 0 Å². The number of carbonyl (C=O) groups is 2. The molecule has 1 aliphatic carbocycles. The predicted molar refractivity (Wildman–Crippen MR) is 71.7 cm³/mol. The second kappa shape index (κ2) is 5.23. The van der Waals surface area contributed by atoms with E-state index in [4.69, 9.17) is 5.11 Å². The largest absolute Gasteiger partial charge is 0.481 e. The monoisotopic (exact) mass is 279 g/mol. The minimum absolute atomic E-state index is 0.215. The van der Waals surface area contributed by atoms with Crippen molar-refractivity contribution in [3.05, 3.63) is 35.6 Å². The Morgan fingerprint density at radius 3 is 2.40 bits per heavy atom. The molecule has 0 aliphatic heterocycles. The number of hydrogen-bond donors (Lipinski definition) is 2. The van der Waals surface area contributed by atoms with E-state index < -0.39 is 17.8 Å². The zero-order valence-electron chi connectivity index (χ0n) is 11.5. The lowest BCUT2D eigenvalue weighted by Crippen LogP contribution is -2.37. The molecule has 0 bridgehead atoms. The molecule has 0 aromatic heterocycles. The van der Waals surface area contributed by atoms with Gasteiger partial charge in [0.25, 0.3) is 0 Å². The molecule has 1 amide bonds. The molecule has 1 fully saturated rings. The van der Waals surface area contributed by atoms with E-state index in [-0.39, 0.29) is 17.1 Å². The van der Waals surface area contributed by atoms with Crippen LogP contribution in [0.15, 0.2) is 24.3 Å².